The van der Waals surface area contributed by atoms with E-state index >= 15 is 0 Å². The molecule has 3 aromatic rings. The molecule has 0 radical (unpaired) electrons. The van der Waals surface area contributed by atoms with E-state index < -0.39 is 23.1 Å². The number of ether oxygens (including phenoxy) is 1. The second kappa shape index (κ2) is 4.62. The van der Waals surface area contributed by atoms with Gasteiger partial charge in [-0.25, -0.2) is 23.1 Å². The number of halogens is 3. The highest BCUT2D eigenvalue weighted by Crippen LogP contribution is 2.28. The van der Waals surface area contributed by atoms with Crippen LogP contribution in [0.2, 0.25) is 0 Å². The second-order valence-corrected chi connectivity index (χ2v) is 4.08. The summed E-state index contributed by atoms with van der Waals surface area (Å²) in [6.45, 7) is 0. The molecule has 9 heteroatoms. The Morgan fingerprint density at radius 2 is 1.95 bits per heavy atom. The summed E-state index contributed by atoms with van der Waals surface area (Å²) in [7, 11) is 1.36. The summed E-state index contributed by atoms with van der Waals surface area (Å²) in [4.78, 5) is 11.7. The van der Waals surface area contributed by atoms with E-state index in [1.54, 1.807) is 0 Å². The topological polar surface area (TPSA) is 78.8 Å². The van der Waals surface area contributed by atoms with Gasteiger partial charge in [0.05, 0.1) is 12.8 Å². The van der Waals surface area contributed by atoms with Crippen molar-refractivity contribution < 1.29 is 17.9 Å². The van der Waals surface area contributed by atoms with Crippen molar-refractivity contribution in [1.29, 1.82) is 0 Å². The molecule has 108 valence electrons. The molecule has 0 fully saturated rings. The fourth-order valence-corrected chi connectivity index (χ4v) is 1.98. The first-order valence-electron chi connectivity index (χ1n) is 5.70. The van der Waals surface area contributed by atoms with Gasteiger partial charge in [-0.1, -0.05) is 0 Å². The largest absolute Gasteiger partial charge is 0.479 e. The zero-order valence-electron chi connectivity index (χ0n) is 10.6. The molecule has 0 atom stereocenters. The van der Waals surface area contributed by atoms with Crippen molar-refractivity contribution in [1.82, 2.24) is 19.5 Å². The van der Waals surface area contributed by atoms with Gasteiger partial charge < -0.3 is 10.5 Å². The van der Waals surface area contributed by atoms with Crippen LogP contribution in [0.25, 0.3) is 16.9 Å². The van der Waals surface area contributed by atoms with Gasteiger partial charge in [-0.05, 0) is 0 Å². The van der Waals surface area contributed by atoms with Gasteiger partial charge in [-0.2, -0.15) is 4.98 Å². The molecule has 3 rings (SSSR count). The fraction of sp³-hybridized carbons (Fsp3) is 0.0833. The number of anilines is 1. The molecule has 1 aromatic carbocycles. The Labute approximate surface area is 116 Å². The van der Waals surface area contributed by atoms with E-state index in [0.29, 0.717) is 6.07 Å². The van der Waals surface area contributed by atoms with Crippen LogP contribution in [0.15, 0.2) is 18.5 Å². The molecule has 0 amide bonds. The average Bonchev–Trinajstić information content (AvgIpc) is 2.78. The van der Waals surface area contributed by atoms with E-state index in [-0.39, 0.29) is 23.0 Å². The Bertz CT molecular complexity index is 849. The number of nitrogens with two attached hydrogens (primary N) is 1. The van der Waals surface area contributed by atoms with E-state index in [1.807, 2.05) is 0 Å². The first-order valence-corrected chi connectivity index (χ1v) is 5.70. The molecule has 21 heavy (non-hydrogen) atoms. The van der Waals surface area contributed by atoms with Crippen molar-refractivity contribution in [3.63, 3.8) is 0 Å². The molecular weight excluding hydrogens is 287 g/mol. The average molecular weight is 295 g/mol. The van der Waals surface area contributed by atoms with Gasteiger partial charge in [0.15, 0.2) is 22.8 Å². The zero-order valence-corrected chi connectivity index (χ0v) is 10.6. The summed E-state index contributed by atoms with van der Waals surface area (Å²) in [5.74, 6) is -3.64. The van der Waals surface area contributed by atoms with Crippen LogP contribution in [-0.2, 0) is 0 Å². The van der Waals surface area contributed by atoms with Crippen molar-refractivity contribution in [2.24, 2.45) is 0 Å². The third-order valence-electron chi connectivity index (χ3n) is 2.84. The predicted molar refractivity (Wildman–Crippen MR) is 67.5 cm³/mol. The highest BCUT2D eigenvalue weighted by Gasteiger charge is 2.20. The molecule has 0 aliphatic rings. The minimum absolute atomic E-state index is 0.0725. The molecule has 0 unspecified atom stereocenters. The first kappa shape index (κ1) is 13.2. The minimum Gasteiger partial charge on any atom is -0.479 e. The first-order chi connectivity index (χ1) is 10.0. The van der Waals surface area contributed by atoms with Crippen LogP contribution in [0.3, 0.4) is 0 Å². The molecule has 2 heterocycles. The Balaban J connectivity index is 2.39. The molecule has 0 saturated carbocycles. The number of fused-ring (bicyclic) bond motifs is 1. The number of aromatic nitrogens is 4. The van der Waals surface area contributed by atoms with Gasteiger partial charge in [0.2, 0.25) is 11.8 Å². The third-order valence-corrected chi connectivity index (χ3v) is 2.84. The number of rotatable bonds is 2. The molecule has 0 aliphatic heterocycles. The molecule has 2 aromatic heterocycles. The standard InChI is InChI=1S/C12H8F3N5O/c1-21-11-9-10(17-4-18-11)20(12(16)19-9)7-3-5(13)2-6(14)8(7)15/h2-4H,1H3,(H2,16,19). The number of methoxy groups -OCH3 is 1. The lowest BCUT2D eigenvalue weighted by Gasteiger charge is -2.08. The van der Waals surface area contributed by atoms with Gasteiger partial charge in [0.1, 0.15) is 12.1 Å². The van der Waals surface area contributed by atoms with Crippen LogP contribution < -0.4 is 10.5 Å². The summed E-state index contributed by atoms with van der Waals surface area (Å²) in [5.41, 5.74) is 5.48. The minimum atomic E-state index is -1.34. The summed E-state index contributed by atoms with van der Waals surface area (Å²) in [5, 5.41) is 0. The molecule has 6 nitrogen and oxygen atoms in total. The van der Waals surface area contributed by atoms with Crippen molar-refractivity contribution in [2.75, 3.05) is 12.8 Å². The van der Waals surface area contributed by atoms with Gasteiger partial charge >= 0.3 is 0 Å². The second-order valence-electron chi connectivity index (χ2n) is 4.08. The summed E-state index contributed by atoms with van der Waals surface area (Å²) < 4.78 is 46.6. The van der Waals surface area contributed by atoms with E-state index in [0.717, 1.165) is 17.0 Å². The van der Waals surface area contributed by atoms with Crippen molar-refractivity contribution in [3.8, 4) is 11.6 Å². The van der Waals surface area contributed by atoms with E-state index in [9.17, 15) is 13.2 Å². The quantitative estimate of drug-likeness (QED) is 0.730. The van der Waals surface area contributed by atoms with Crippen LogP contribution in [0.4, 0.5) is 19.1 Å². The number of hydrogen-bond donors (Lipinski definition) is 1. The molecule has 0 aliphatic carbocycles. The van der Waals surface area contributed by atoms with Gasteiger partial charge in [-0.3, -0.25) is 4.57 Å². The van der Waals surface area contributed by atoms with Crippen molar-refractivity contribution in [2.45, 2.75) is 0 Å². The molecule has 0 bridgehead atoms. The van der Waals surface area contributed by atoms with E-state index in [2.05, 4.69) is 15.0 Å². The Kier molecular flexibility index (Phi) is 2.89. The lowest BCUT2D eigenvalue weighted by molar-refractivity contribution is 0.401. The van der Waals surface area contributed by atoms with E-state index in [1.165, 1.54) is 7.11 Å². The highest BCUT2D eigenvalue weighted by atomic mass is 19.2. The Hall–Kier alpha value is -2.84. The monoisotopic (exact) mass is 295 g/mol. The van der Waals surface area contributed by atoms with Crippen LogP contribution in [0.5, 0.6) is 5.88 Å². The summed E-state index contributed by atoms with van der Waals surface area (Å²) >= 11 is 0. The fourth-order valence-electron chi connectivity index (χ4n) is 1.98. The maximum absolute atomic E-state index is 13.9. The number of nitrogens with zero attached hydrogens (tertiary/aromatic N) is 4. The van der Waals surface area contributed by atoms with Crippen LogP contribution >= 0.6 is 0 Å². The molecular formula is C12H8F3N5O. The summed E-state index contributed by atoms with van der Waals surface area (Å²) in [6, 6.07) is 1.23. The highest BCUT2D eigenvalue weighted by molar-refractivity contribution is 5.81. The van der Waals surface area contributed by atoms with E-state index in [4.69, 9.17) is 10.5 Å². The van der Waals surface area contributed by atoms with Gasteiger partial charge in [0, 0.05) is 12.1 Å². The normalized spacial score (nSPS) is 11.0. The van der Waals surface area contributed by atoms with Gasteiger partial charge in [0.25, 0.3) is 0 Å². The number of imidazole rings is 1. The molecule has 2 N–H and O–H groups in total. The Morgan fingerprint density at radius 3 is 2.67 bits per heavy atom. The number of benzene rings is 1. The van der Waals surface area contributed by atoms with Crippen LogP contribution in [-0.4, -0.2) is 26.6 Å². The smallest absolute Gasteiger partial charge is 0.245 e. The lowest BCUT2D eigenvalue weighted by Crippen LogP contribution is -2.06. The van der Waals surface area contributed by atoms with Crippen LogP contribution in [0.1, 0.15) is 0 Å². The van der Waals surface area contributed by atoms with Gasteiger partial charge in [-0.15, -0.1) is 0 Å². The zero-order chi connectivity index (χ0) is 15.1. The van der Waals surface area contributed by atoms with Crippen LogP contribution in [0, 0.1) is 17.5 Å². The Morgan fingerprint density at radius 1 is 1.19 bits per heavy atom. The SMILES string of the molecule is COc1ncnc2c1nc(N)n2-c1cc(F)cc(F)c1F. The summed E-state index contributed by atoms with van der Waals surface area (Å²) in [6.07, 6.45) is 1.15. The van der Waals surface area contributed by atoms with Crippen molar-refractivity contribution >= 4 is 17.1 Å². The third kappa shape index (κ3) is 1.93. The number of nitrogen functional groups attached to an aromatic ring is 1. The maximum atomic E-state index is 13.9. The van der Waals surface area contributed by atoms with Crippen molar-refractivity contribution in [3.05, 3.63) is 35.9 Å². The lowest BCUT2D eigenvalue weighted by atomic mass is 10.2. The number of hydrogen-bond acceptors (Lipinski definition) is 5. The molecule has 0 saturated heterocycles. The molecule has 0 spiro atoms. The maximum Gasteiger partial charge on any atom is 0.245 e. The predicted octanol–water partition coefficient (Wildman–Crippen LogP) is 1.82.